The minimum Gasteiger partial charge on any atom is -0.350 e. The van der Waals surface area contributed by atoms with Crippen LogP contribution in [0.3, 0.4) is 0 Å². The van der Waals surface area contributed by atoms with Crippen molar-refractivity contribution >= 4 is 11.8 Å². The quantitative estimate of drug-likeness (QED) is 0.895. The summed E-state index contributed by atoms with van der Waals surface area (Å²) in [6.45, 7) is 2.45. The molecule has 1 N–H and O–H groups in total. The third-order valence-corrected chi connectivity index (χ3v) is 3.37. The molecule has 5 heteroatoms. The molecule has 2 rings (SSSR count). The van der Waals surface area contributed by atoms with Gasteiger partial charge < -0.3 is 10.2 Å². The Hall–Kier alpha value is -1.91. The van der Waals surface area contributed by atoms with Crippen molar-refractivity contribution in [2.75, 3.05) is 6.54 Å². The van der Waals surface area contributed by atoms with Crippen molar-refractivity contribution in [3.63, 3.8) is 0 Å². The van der Waals surface area contributed by atoms with Gasteiger partial charge in [0, 0.05) is 25.1 Å². The molecule has 102 valence electrons. The number of carbonyl (C=O) groups is 2. The predicted octanol–water partition coefficient (Wildman–Crippen LogP) is 1.45. The molecule has 0 bridgehead atoms. The van der Waals surface area contributed by atoms with Crippen molar-refractivity contribution in [2.24, 2.45) is 0 Å². The van der Waals surface area contributed by atoms with Gasteiger partial charge in [-0.25, -0.2) is 4.39 Å². The summed E-state index contributed by atoms with van der Waals surface area (Å²) in [6, 6.07) is 5.81. The van der Waals surface area contributed by atoms with Crippen molar-refractivity contribution in [3.8, 4) is 0 Å². The molecule has 1 fully saturated rings. The van der Waals surface area contributed by atoms with Gasteiger partial charge in [0.2, 0.25) is 11.8 Å². The average Bonchev–Trinajstić information content (AvgIpc) is 2.83. The van der Waals surface area contributed by atoms with Crippen LogP contribution in [0.4, 0.5) is 4.39 Å². The van der Waals surface area contributed by atoms with E-state index in [1.807, 2.05) is 0 Å². The SMILES string of the molecule is CC(C(=O)NCc1ccccc1F)N1CCCC1=O. The Morgan fingerprint density at radius 2 is 2.21 bits per heavy atom. The monoisotopic (exact) mass is 264 g/mol. The average molecular weight is 264 g/mol. The fourth-order valence-corrected chi connectivity index (χ4v) is 2.19. The van der Waals surface area contributed by atoms with Crippen LogP contribution in [0.5, 0.6) is 0 Å². The van der Waals surface area contributed by atoms with Crippen molar-refractivity contribution in [1.29, 1.82) is 0 Å². The smallest absolute Gasteiger partial charge is 0.242 e. The first-order valence-corrected chi connectivity index (χ1v) is 6.40. The van der Waals surface area contributed by atoms with Gasteiger partial charge >= 0.3 is 0 Å². The standard InChI is InChI=1S/C14H17FN2O2/c1-10(17-8-4-7-13(17)18)14(19)16-9-11-5-2-3-6-12(11)15/h2-3,5-6,10H,4,7-9H2,1H3,(H,16,19). The summed E-state index contributed by atoms with van der Waals surface area (Å²) < 4.78 is 13.4. The molecule has 1 aliphatic rings. The van der Waals surface area contributed by atoms with Gasteiger partial charge in [-0.2, -0.15) is 0 Å². The molecule has 19 heavy (non-hydrogen) atoms. The lowest BCUT2D eigenvalue weighted by atomic mass is 10.2. The summed E-state index contributed by atoms with van der Waals surface area (Å²) in [7, 11) is 0. The number of hydrogen-bond donors (Lipinski definition) is 1. The molecule has 0 radical (unpaired) electrons. The molecule has 0 aromatic heterocycles. The number of nitrogens with one attached hydrogen (secondary N) is 1. The van der Waals surface area contributed by atoms with Crippen molar-refractivity contribution in [3.05, 3.63) is 35.6 Å². The molecule has 1 saturated heterocycles. The maximum Gasteiger partial charge on any atom is 0.242 e. The Morgan fingerprint density at radius 3 is 2.84 bits per heavy atom. The lowest BCUT2D eigenvalue weighted by Crippen LogP contribution is -2.45. The van der Waals surface area contributed by atoms with E-state index in [2.05, 4.69) is 5.32 Å². The molecular weight excluding hydrogens is 247 g/mol. The van der Waals surface area contributed by atoms with Gasteiger partial charge in [-0.1, -0.05) is 18.2 Å². The summed E-state index contributed by atoms with van der Waals surface area (Å²) in [6.07, 6.45) is 1.30. The Bertz CT molecular complexity index is 490. The second-order valence-corrected chi connectivity index (χ2v) is 4.68. The predicted molar refractivity (Wildman–Crippen MR) is 68.7 cm³/mol. The molecule has 1 aromatic rings. The first-order valence-electron chi connectivity index (χ1n) is 6.40. The molecule has 1 heterocycles. The molecule has 2 amide bonds. The number of benzene rings is 1. The lowest BCUT2D eigenvalue weighted by molar-refractivity contribution is -0.136. The van der Waals surface area contributed by atoms with Gasteiger partial charge in [0.15, 0.2) is 0 Å². The Balaban J connectivity index is 1.91. The molecule has 0 spiro atoms. The first kappa shape index (κ1) is 13.5. The highest BCUT2D eigenvalue weighted by Gasteiger charge is 2.29. The van der Waals surface area contributed by atoms with Gasteiger partial charge in [0.05, 0.1) is 0 Å². The molecule has 4 nitrogen and oxygen atoms in total. The minimum absolute atomic E-state index is 0.00791. The van der Waals surface area contributed by atoms with Gasteiger partial charge in [-0.15, -0.1) is 0 Å². The maximum absolute atomic E-state index is 13.4. The maximum atomic E-state index is 13.4. The number of carbonyl (C=O) groups excluding carboxylic acids is 2. The second kappa shape index (κ2) is 5.82. The lowest BCUT2D eigenvalue weighted by Gasteiger charge is -2.23. The van der Waals surface area contributed by atoms with Crippen LogP contribution in [-0.4, -0.2) is 29.3 Å². The van der Waals surface area contributed by atoms with Crippen LogP contribution < -0.4 is 5.32 Å². The van der Waals surface area contributed by atoms with E-state index in [1.54, 1.807) is 30.0 Å². The highest BCUT2D eigenvalue weighted by Crippen LogP contribution is 2.13. The fraction of sp³-hybridized carbons (Fsp3) is 0.429. The highest BCUT2D eigenvalue weighted by molar-refractivity contribution is 5.88. The van der Waals surface area contributed by atoms with Crippen molar-refractivity contribution in [2.45, 2.75) is 32.4 Å². The largest absolute Gasteiger partial charge is 0.350 e. The molecule has 1 aliphatic heterocycles. The van der Waals surface area contributed by atoms with Crippen LogP contribution in [0, 0.1) is 5.82 Å². The van der Waals surface area contributed by atoms with E-state index in [0.29, 0.717) is 18.5 Å². The summed E-state index contributed by atoms with van der Waals surface area (Å²) in [5, 5.41) is 2.66. The van der Waals surface area contributed by atoms with Crippen LogP contribution in [-0.2, 0) is 16.1 Å². The number of nitrogens with zero attached hydrogens (tertiary/aromatic N) is 1. The molecule has 0 saturated carbocycles. The minimum atomic E-state index is -0.498. The van der Waals surface area contributed by atoms with Gasteiger partial charge in [-0.05, 0) is 19.4 Å². The number of likely N-dealkylation sites (tertiary alicyclic amines) is 1. The second-order valence-electron chi connectivity index (χ2n) is 4.68. The molecule has 1 atom stereocenters. The van der Waals surface area contributed by atoms with Crippen molar-refractivity contribution in [1.82, 2.24) is 10.2 Å². The molecular formula is C14H17FN2O2. The van der Waals surface area contributed by atoms with E-state index < -0.39 is 6.04 Å². The van der Waals surface area contributed by atoms with Crippen LogP contribution in [0.1, 0.15) is 25.3 Å². The van der Waals surface area contributed by atoms with Crippen LogP contribution in [0.2, 0.25) is 0 Å². The Morgan fingerprint density at radius 1 is 1.47 bits per heavy atom. The Labute approximate surface area is 111 Å². The van der Waals surface area contributed by atoms with E-state index in [0.717, 1.165) is 6.42 Å². The number of rotatable bonds is 4. The van der Waals surface area contributed by atoms with E-state index in [1.165, 1.54) is 6.07 Å². The highest BCUT2D eigenvalue weighted by atomic mass is 19.1. The number of halogens is 1. The summed E-state index contributed by atoms with van der Waals surface area (Å²) in [4.78, 5) is 25.0. The summed E-state index contributed by atoms with van der Waals surface area (Å²) in [5.41, 5.74) is 0.441. The summed E-state index contributed by atoms with van der Waals surface area (Å²) in [5.74, 6) is -0.584. The summed E-state index contributed by atoms with van der Waals surface area (Å²) >= 11 is 0. The van der Waals surface area contributed by atoms with Crippen LogP contribution in [0.15, 0.2) is 24.3 Å². The fourth-order valence-electron chi connectivity index (χ4n) is 2.19. The zero-order valence-electron chi connectivity index (χ0n) is 10.9. The van der Waals surface area contributed by atoms with Gasteiger partial charge in [0.1, 0.15) is 11.9 Å². The van der Waals surface area contributed by atoms with E-state index in [4.69, 9.17) is 0 Å². The van der Waals surface area contributed by atoms with Gasteiger partial charge in [-0.3, -0.25) is 9.59 Å². The third-order valence-electron chi connectivity index (χ3n) is 3.37. The van der Waals surface area contributed by atoms with Crippen LogP contribution >= 0.6 is 0 Å². The normalized spacial score (nSPS) is 16.5. The number of hydrogen-bond acceptors (Lipinski definition) is 2. The van der Waals surface area contributed by atoms with E-state index in [-0.39, 0.29) is 24.2 Å². The first-order chi connectivity index (χ1) is 9.09. The van der Waals surface area contributed by atoms with Crippen molar-refractivity contribution < 1.29 is 14.0 Å². The zero-order valence-corrected chi connectivity index (χ0v) is 10.9. The van der Waals surface area contributed by atoms with Gasteiger partial charge in [0.25, 0.3) is 0 Å². The molecule has 1 aromatic carbocycles. The van der Waals surface area contributed by atoms with Crippen LogP contribution in [0.25, 0.3) is 0 Å². The molecule has 0 aliphatic carbocycles. The Kier molecular flexibility index (Phi) is 4.14. The zero-order chi connectivity index (χ0) is 13.8. The number of amides is 2. The van der Waals surface area contributed by atoms with E-state index >= 15 is 0 Å². The van der Waals surface area contributed by atoms with E-state index in [9.17, 15) is 14.0 Å². The third kappa shape index (κ3) is 3.10. The topological polar surface area (TPSA) is 49.4 Å². The molecule has 1 unspecified atom stereocenters.